The highest BCUT2D eigenvalue weighted by Crippen LogP contribution is 2.49. The highest BCUT2D eigenvalue weighted by Gasteiger charge is 2.47. The van der Waals surface area contributed by atoms with Crippen molar-refractivity contribution in [1.82, 2.24) is 0 Å². The van der Waals surface area contributed by atoms with E-state index in [4.69, 9.17) is 5.11 Å². The number of para-hydroxylation sites is 1. The van der Waals surface area contributed by atoms with Crippen molar-refractivity contribution in [1.29, 1.82) is 0 Å². The molecular weight excluding hydrogens is 580 g/mol. The van der Waals surface area contributed by atoms with Crippen molar-refractivity contribution in [3.8, 4) is 0 Å². The van der Waals surface area contributed by atoms with Crippen molar-refractivity contribution >= 4 is 39.0 Å². The molecule has 1 aliphatic carbocycles. The second kappa shape index (κ2) is 11.2. The summed E-state index contributed by atoms with van der Waals surface area (Å²) in [6.45, 7) is 11.2. The van der Waals surface area contributed by atoms with Crippen molar-refractivity contribution in [2.75, 3.05) is 18.0 Å². The largest absolute Gasteiger partial charge is 0.506 e. The number of carboxylic acids is 1. The minimum atomic E-state index is -4.39. The van der Waals surface area contributed by atoms with E-state index >= 15 is 0 Å². The molecule has 9 nitrogen and oxygen atoms in total. The zero-order valence-electron chi connectivity index (χ0n) is 25.7. The van der Waals surface area contributed by atoms with Crippen LogP contribution in [0.5, 0.6) is 0 Å². The average molecular weight is 620 g/mol. The van der Waals surface area contributed by atoms with Gasteiger partial charge in [-0.25, -0.2) is 0 Å². The van der Waals surface area contributed by atoms with Crippen LogP contribution in [0.25, 0.3) is 0 Å². The predicted octanol–water partition coefficient (Wildman–Crippen LogP) is 5.98. The van der Waals surface area contributed by atoms with E-state index in [1.807, 2.05) is 43.9 Å². The van der Waals surface area contributed by atoms with Crippen LogP contribution < -0.4 is 4.90 Å². The molecule has 44 heavy (non-hydrogen) atoms. The number of aliphatic carboxylic acids is 1. The van der Waals surface area contributed by atoms with E-state index in [0.29, 0.717) is 25.1 Å². The topological polar surface area (TPSA) is 135 Å². The molecular formula is C34H39N2O7S+. The van der Waals surface area contributed by atoms with Gasteiger partial charge in [-0.3, -0.25) is 14.1 Å². The summed E-state index contributed by atoms with van der Waals surface area (Å²) in [7, 11) is -4.39. The third-order valence-corrected chi connectivity index (χ3v) is 9.96. The lowest BCUT2D eigenvalue weighted by Crippen LogP contribution is -2.32. The zero-order chi connectivity index (χ0) is 32.2. The minimum Gasteiger partial charge on any atom is -0.506 e. The Morgan fingerprint density at radius 2 is 1.68 bits per heavy atom. The number of rotatable bonds is 10. The fourth-order valence-electron chi connectivity index (χ4n) is 6.66. The van der Waals surface area contributed by atoms with Crippen LogP contribution in [0.4, 0.5) is 11.4 Å². The molecule has 0 fully saturated rings. The highest BCUT2D eigenvalue weighted by atomic mass is 32.2. The molecule has 0 unspecified atom stereocenters. The number of nitrogens with zero attached hydrogens (tertiary/aromatic N) is 2. The smallest absolute Gasteiger partial charge is 0.303 e. The Hall–Kier alpha value is -4.02. The van der Waals surface area contributed by atoms with Gasteiger partial charge in [0.1, 0.15) is 12.3 Å². The van der Waals surface area contributed by atoms with Crippen LogP contribution in [-0.2, 0) is 30.5 Å². The third kappa shape index (κ3) is 5.20. The maximum Gasteiger partial charge on any atom is 0.303 e. The molecule has 2 aromatic rings. The summed E-state index contributed by atoms with van der Waals surface area (Å²) in [5.41, 5.74) is 4.53. The minimum absolute atomic E-state index is 0.0930. The number of anilines is 1. The van der Waals surface area contributed by atoms with Gasteiger partial charge in [0.25, 0.3) is 10.1 Å². The lowest BCUT2D eigenvalue weighted by Gasteiger charge is -2.28. The van der Waals surface area contributed by atoms with Gasteiger partial charge in [0.05, 0.1) is 21.5 Å². The molecule has 0 saturated heterocycles. The zero-order valence-corrected chi connectivity index (χ0v) is 26.5. The van der Waals surface area contributed by atoms with Gasteiger partial charge in [-0.05, 0) is 63.5 Å². The van der Waals surface area contributed by atoms with Gasteiger partial charge in [-0.1, -0.05) is 32.0 Å². The van der Waals surface area contributed by atoms with E-state index in [0.717, 1.165) is 41.2 Å². The van der Waals surface area contributed by atoms with Crippen LogP contribution in [0, 0.1) is 0 Å². The lowest BCUT2D eigenvalue weighted by molar-refractivity contribution is -0.438. The molecule has 0 bridgehead atoms. The number of unbranched alkanes of at least 4 members (excludes halogenated alkanes) is 2. The molecule has 2 heterocycles. The van der Waals surface area contributed by atoms with Gasteiger partial charge in [-0.2, -0.15) is 13.0 Å². The summed E-state index contributed by atoms with van der Waals surface area (Å²) in [4.78, 5) is 26.3. The molecule has 0 amide bonds. The number of carboxylic acid groups (broad SMARTS) is 1. The molecule has 2 aromatic carbocycles. The van der Waals surface area contributed by atoms with Gasteiger partial charge in [0, 0.05) is 53.9 Å². The first-order chi connectivity index (χ1) is 20.6. The molecule has 3 aliphatic rings. The molecule has 232 valence electrons. The van der Waals surface area contributed by atoms with Crippen molar-refractivity contribution in [2.45, 2.75) is 76.0 Å². The van der Waals surface area contributed by atoms with Gasteiger partial charge < -0.3 is 15.1 Å². The molecule has 0 saturated carbocycles. The molecule has 0 aromatic heterocycles. The standard InChI is InChI=1S/C34H38N2O7S/c1-6-35-27-16-15-21(44(41,42)43)18-25(27)34(4,5)28(35)19-22-31(39)23(32(22)40)20-29-33(2,3)24-12-9-10-13-26(24)36(29)17-11-7-8-14-30(37)38/h9-10,12-13,15-16,18-20H,6-8,11,14,17H2,1-5H3,(H2-,37,38,39,40,41,42,43)/p+1. The van der Waals surface area contributed by atoms with Crippen molar-refractivity contribution in [3.05, 3.63) is 88.3 Å². The Bertz CT molecular complexity index is 1810. The summed E-state index contributed by atoms with van der Waals surface area (Å²) in [6.07, 6.45) is 5.73. The third-order valence-electron chi connectivity index (χ3n) is 9.11. The summed E-state index contributed by atoms with van der Waals surface area (Å²) in [6, 6.07) is 12.5. The van der Waals surface area contributed by atoms with Crippen molar-refractivity contribution in [2.24, 2.45) is 0 Å². The molecule has 2 aliphatic heterocycles. The number of carbonyl (C=O) groups excluding carboxylic acids is 1. The number of hydrogen-bond acceptors (Lipinski definition) is 6. The Morgan fingerprint density at radius 3 is 2.32 bits per heavy atom. The average Bonchev–Trinajstić information content (AvgIpc) is 3.31. The second-order valence-corrected chi connectivity index (χ2v) is 14.0. The Balaban J connectivity index is 1.52. The van der Waals surface area contributed by atoms with Crippen molar-refractivity contribution < 1.29 is 37.3 Å². The second-order valence-electron chi connectivity index (χ2n) is 12.6. The molecule has 0 spiro atoms. The Kier molecular flexibility index (Phi) is 7.97. The van der Waals surface area contributed by atoms with Crippen LogP contribution in [-0.4, -0.2) is 58.3 Å². The van der Waals surface area contributed by atoms with Crippen molar-refractivity contribution in [3.63, 3.8) is 0 Å². The lowest BCUT2D eigenvalue weighted by atomic mass is 9.77. The highest BCUT2D eigenvalue weighted by molar-refractivity contribution is 7.85. The summed E-state index contributed by atoms with van der Waals surface area (Å²) in [5.74, 6) is -1.18. The Morgan fingerprint density at radius 1 is 0.977 bits per heavy atom. The normalized spacial score (nSPS) is 20.4. The fraction of sp³-hybridized carbons (Fsp3) is 0.382. The maximum absolute atomic E-state index is 13.6. The summed E-state index contributed by atoms with van der Waals surface area (Å²) in [5, 5.41) is 20.2. The van der Waals surface area contributed by atoms with Crippen LogP contribution in [0.3, 0.4) is 0 Å². The van der Waals surface area contributed by atoms with Crippen LogP contribution in [0.15, 0.2) is 82.1 Å². The van der Waals surface area contributed by atoms with E-state index in [1.165, 1.54) is 12.1 Å². The SMILES string of the molecule is CCN1C(=CC2=C(O)C(=CC3=[N+](CCCCCC(=O)O)c4ccccc4C3(C)C)C2=O)C(C)(C)c2cc(S(=O)(=O)O)ccc21. The van der Waals surface area contributed by atoms with Crippen LogP contribution in [0.1, 0.15) is 71.4 Å². The van der Waals surface area contributed by atoms with Gasteiger partial charge >= 0.3 is 5.97 Å². The number of hydrogen-bond donors (Lipinski definition) is 3. The van der Waals surface area contributed by atoms with Gasteiger partial charge in [0.15, 0.2) is 5.71 Å². The predicted molar refractivity (Wildman–Crippen MR) is 168 cm³/mol. The Labute approximate surface area is 258 Å². The van der Waals surface area contributed by atoms with Gasteiger partial charge in [0.2, 0.25) is 11.5 Å². The number of fused-ring (bicyclic) bond motifs is 2. The quantitative estimate of drug-likeness (QED) is 0.128. The van der Waals surface area contributed by atoms with Crippen LogP contribution >= 0.6 is 0 Å². The number of allylic oxidation sites excluding steroid dienone is 5. The maximum atomic E-state index is 13.6. The van der Waals surface area contributed by atoms with E-state index in [-0.39, 0.29) is 34.0 Å². The number of benzene rings is 2. The van der Waals surface area contributed by atoms with Crippen LogP contribution in [0.2, 0.25) is 0 Å². The molecule has 10 heteroatoms. The number of aliphatic hydroxyl groups excluding tert-OH is 1. The number of likely N-dealkylation sites (N-methyl/N-ethyl adjacent to an activating group) is 1. The first kappa shape index (κ1) is 31.4. The monoisotopic (exact) mass is 619 g/mol. The summed E-state index contributed by atoms with van der Waals surface area (Å²) >= 11 is 0. The van der Waals surface area contributed by atoms with E-state index in [1.54, 1.807) is 18.2 Å². The number of ketones is 1. The molecule has 5 rings (SSSR count). The van der Waals surface area contributed by atoms with E-state index in [9.17, 15) is 27.7 Å². The summed E-state index contributed by atoms with van der Waals surface area (Å²) < 4.78 is 35.5. The van der Waals surface area contributed by atoms with Gasteiger partial charge in [-0.15, -0.1) is 0 Å². The molecule has 0 atom stereocenters. The molecule has 0 radical (unpaired) electrons. The first-order valence-electron chi connectivity index (χ1n) is 14.9. The van der Waals surface area contributed by atoms with E-state index < -0.39 is 26.9 Å². The van der Waals surface area contributed by atoms with E-state index in [2.05, 4.69) is 24.5 Å². The fourth-order valence-corrected chi connectivity index (χ4v) is 7.17. The number of Topliss-reactive ketones (excluding diaryl/α,β-unsaturated/α-hetero) is 1. The first-order valence-corrected chi connectivity index (χ1v) is 16.3. The molecule has 3 N–H and O–H groups in total. The number of carbonyl (C=O) groups is 2. The number of aliphatic hydroxyl groups is 1.